The van der Waals surface area contributed by atoms with Gasteiger partial charge in [-0.15, -0.1) is 0 Å². The Balaban J connectivity index is 2.30. The zero-order valence-electron chi connectivity index (χ0n) is 7.58. The lowest BCUT2D eigenvalue weighted by molar-refractivity contribution is 0.160. The van der Waals surface area contributed by atoms with Gasteiger partial charge in [0, 0.05) is 0 Å². The van der Waals surface area contributed by atoms with Crippen molar-refractivity contribution in [3.63, 3.8) is 0 Å². The molecule has 70 valence electrons. The van der Waals surface area contributed by atoms with Gasteiger partial charge in [0.1, 0.15) is 11.0 Å². The van der Waals surface area contributed by atoms with E-state index in [4.69, 9.17) is 4.74 Å². The number of ether oxygens (including phenoxy) is 1. The van der Waals surface area contributed by atoms with Gasteiger partial charge in [0.2, 0.25) is 0 Å². The van der Waals surface area contributed by atoms with Gasteiger partial charge in [0.25, 0.3) is 0 Å². The normalized spacial score (nSPS) is 21.4. The zero-order chi connectivity index (χ0) is 8.97. The lowest BCUT2D eigenvalue weighted by Crippen LogP contribution is -2.30. The molecule has 12 heavy (non-hydrogen) atoms. The second kappa shape index (κ2) is 4.84. The SMILES string of the molecule is CCCC(C)[S+]([O-])N=C1COC1. The molecular weight excluding hydrogens is 174 g/mol. The minimum Gasteiger partial charge on any atom is -0.591 e. The van der Waals surface area contributed by atoms with Crippen LogP contribution in [0.3, 0.4) is 0 Å². The molecule has 3 nitrogen and oxygen atoms in total. The molecule has 2 atom stereocenters. The fourth-order valence-electron chi connectivity index (χ4n) is 0.971. The Hall–Kier alpha value is -0.0600. The van der Waals surface area contributed by atoms with E-state index < -0.39 is 11.4 Å². The Labute approximate surface area is 76.5 Å². The summed E-state index contributed by atoms with van der Waals surface area (Å²) in [6, 6.07) is 0. The van der Waals surface area contributed by atoms with Gasteiger partial charge >= 0.3 is 0 Å². The molecule has 0 saturated carbocycles. The predicted molar refractivity (Wildman–Crippen MR) is 50.8 cm³/mol. The summed E-state index contributed by atoms with van der Waals surface area (Å²) >= 11 is -1.04. The summed E-state index contributed by atoms with van der Waals surface area (Å²) in [4.78, 5) is 0. The molecule has 0 aliphatic carbocycles. The lowest BCUT2D eigenvalue weighted by atomic mass is 10.3. The molecule has 4 heteroatoms. The Morgan fingerprint density at radius 2 is 2.33 bits per heavy atom. The molecule has 2 unspecified atom stereocenters. The van der Waals surface area contributed by atoms with Crippen molar-refractivity contribution >= 4 is 17.1 Å². The maximum Gasteiger partial charge on any atom is 0.140 e. The van der Waals surface area contributed by atoms with Crippen LogP contribution in [0.2, 0.25) is 0 Å². The van der Waals surface area contributed by atoms with Gasteiger partial charge < -0.3 is 9.29 Å². The maximum absolute atomic E-state index is 11.4. The first kappa shape index (κ1) is 10.0. The van der Waals surface area contributed by atoms with Crippen LogP contribution in [0.15, 0.2) is 4.40 Å². The molecule has 1 saturated heterocycles. The van der Waals surface area contributed by atoms with Crippen LogP contribution in [0.5, 0.6) is 0 Å². The Morgan fingerprint density at radius 3 is 2.75 bits per heavy atom. The molecular formula is C8H15NO2S. The monoisotopic (exact) mass is 189 g/mol. The van der Waals surface area contributed by atoms with E-state index in [1.807, 2.05) is 6.92 Å². The summed E-state index contributed by atoms with van der Waals surface area (Å²) < 4.78 is 20.4. The van der Waals surface area contributed by atoms with Crippen LogP contribution in [-0.2, 0) is 16.1 Å². The van der Waals surface area contributed by atoms with Gasteiger partial charge in [-0.3, -0.25) is 0 Å². The maximum atomic E-state index is 11.4. The molecule has 1 heterocycles. The average molecular weight is 189 g/mol. The molecule has 0 spiro atoms. The molecule has 0 aromatic heterocycles. The van der Waals surface area contributed by atoms with Crippen molar-refractivity contribution < 1.29 is 9.29 Å². The first-order chi connectivity index (χ1) is 5.74. The van der Waals surface area contributed by atoms with Crippen molar-refractivity contribution in [2.45, 2.75) is 31.9 Å². The Bertz CT molecular complexity index is 166. The van der Waals surface area contributed by atoms with Crippen molar-refractivity contribution in [1.29, 1.82) is 0 Å². The molecule has 1 aliphatic rings. The summed E-state index contributed by atoms with van der Waals surface area (Å²) in [5.74, 6) is 0. The summed E-state index contributed by atoms with van der Waals surface area (Å²) in [5, 5.41) is 0.183. The third kappa shape index (κ3) is 2.77. The minimum absolute atomic E-state index is 0.183. The first-order valence-electron chi connectivity index (χ1n) is 4.29. The fraction of sp³-hybridized carbons (Fsp3) is 0.875. The van der Waals surface area contributed by atoms with Crippen molar-refractivity contribution in [1.82, 2.24) is 0 Å². The predicted octanol–water partition coefficient (Wildman–Crippen LogP) is 1.31. The van der Waals surface area contributed by atoms with Crippen LogP contribution in [0.1, 0.15) is 26.7 Å². The standard InChI is InChI=1S/C8H15NO2S/c1-3-4-7(2)12(10)9-8-5-11-6-8/h7H,3-6H2,1-2H3. The van der Waals surface area contributed by atoms with Gasteiger partial charge in [-0.25, -0.2) is 0 Å². The lowest BCUT2D eigenvalue weighted by Gasteiger charge is -2.17. The van der Waals surface area contributed by atoms with E-state index in [2.05, 4.69) is 11.3 Å². The van der Waals surface area contributed by atoms with Gasteiger partial charge in [-0.1, -0.05) is 17.7 Å². The van der Waals surface area contributed by atoms with Gasteiger partial charge in [-0.2, -0.15) is 0 Å². The first-order valence-corrected chi connectivity index (χ1v) is 5.46. The summed E-state index contributed by atoms with van der Waals surface area (Å²) in [6.07, 6.45) is 2.04. The largest absolute Gasteiger partial charge is 0.591 e. The van der Waals surface area contributed by atoms with E-state index in [1.165, 1.54) is 0 Å². The number of hydrogen-bond donors (Lipinski definition) is 0. The highest BCUT2D eigenvalue weighted by Gasteiger charge is 2.20. The average Bonchev–Trinajstić information content (AvgIpc) is 1.97. The van der Waals surface area contributed by atoms with E-state index in [1.54, 1.807) is 0 Å². The molecule has 0 radical (unpaired) electrons. The van der Waals surface area contributed by atoms with Crippen LogP contribution in [0.25, 0.3) is 0 Å². The van der Waals surface area contributed by atoms with Gasteiger partial charge in [0.15, 0.2) is 0 Å². The summed E-state index contributed by atoms with van der Waals surface area (Å²) in [7, 11) is 0. The van der Waals surface area contributed by atoms with E-state index in [0.29, 0.717) is 13.2 Å². The number of hydrogen-bond acceptors (Lipinski definition) is 3. The highest BCUT2D eigenvalue weighted by molar-refractivity contribution is 7.90. The van der Waals surface area contributed by atoms with Crippen molar-refractivity contribution in [3.05, 3.63) is 0 Å². The van der Waals surface area contributed by atoms with E-state index in [0.717, 1.165) is 18.6 Å². The third-order valence-electron chi connectivity index (χ3n) is 1.80. The zero-order valence-corrected chi connectivity index (χ0v) is 8.39. The van der Waals surface area contributed by atoms with E-state index >= 15 is 0 Å². The second-order valence-corrected chi connectivity index (χ2v) is 4.57. The van der Waals surface area contributed by atoms with Gasteiger partial charge in [-0.05, 0) is 13.3 Å². The van der Waals surface area contributed by atoms with Crippen molar-refractivity contribution in [3.8, 4) is 0 Å². The third-order valence-corrected chi connectivity index (χ3v) is 3.16. The fourth-order valence-corrected chi connectivity index (χ4v) is 1.95. The molecule has 0 aromatic carbocycles. The van der Waals surface area contributed by atoms with Crippen LogP contribution in [-0.4, -0.2) is 28.7 Å². The van der Waals surface area contributed by atoms with E-state index in [9.17, 15) is 4.55 Å². The quantitative estimate of drug-likeness (QED) is 0.626. The van der Waals surface area contributed by atoms with Gasteiger partial charge in [0.05, 0.1) is 24.6 Å². The number of nitrogens with zero attached hydrogens (tertiary/aromatic N) is 1. The minimum atomic E-state index is -1.04. The Kier molecular flexibility index (Phi) is 4.05. The summed E-state index contributed by atoms with van der Waals surface area (Å²) in [5.41, 5.74) is 0.941. The number of rotatable bonds is 4. The van der Waals surface area contributed by atoms with Crippen LogP contribution >= 0.6 is 0 Å². The smallest absolute Gasteiger partial charge is 0.140 e. The highest BCUT2D eigenvalue weighted by Crippen LogP contribution is 2.11. The molecule has 1 fully saturated rings. The molecule has 0 aromatic rings. The molecule has 1 aliphatic heterocycles. The van der Waals surface area contributed by atoms with Crippen molar-refractivity contribution in [2.24, 2.45) is 4.40 Å². The van der Waals surface area contributed by atoms with Crippen molar-refractivity contribution in [2.75, 3.05) is 13.2 Å². The molecule has 0 bridgehead atoms. The topological polar surface area (TPSA) is 44.7 Å². The molecule has 1 rings (SSSR count). The molecule has 0 N–H and O–H groups in total. The van der Waals surface area contributed by atoms with E-state index in [-0.39, 0.29) is 5.25 Å². The van der Waals surface area contributed by atoms with Crippen LogP contribution < -0.4 is 0 Å². The van der Waals surface area contributed by atoms with Crippen LogP contribution in [0.4, 0.5) is 0 Å². The molecule has 0 amide bonds. The Morgan fingerprint density at radius 1 is 1.67 bits per heavy atom. The highest BCUT2D eigenvalue weighted by atomic mass is 32.2. The second-order valence-electron chi connectivity index (χ2n) is 3.03. The van der Waals surface area contributed by atoms with Crippen LogP contribution in [0, 0.1) is 0 Å². The summed E-state index contributed by atoms with van der Waals surface area (Å²) in [6.45, 7) is 5.21.